The van der Waals surface area contributed by atoms with Gasteiger partial charge in [0.1, 0.15) is 0 Å². The lowest BCUT2D eigenvalue weighted by molar-refractivity contribution is -0.0167. The van der Waals surface area contributed by atoms with Gasteiger partial charge in [-0.15, -0.1) is 0 Å². The van der Waals surface area contributed by atoms with Crippen LogP contribution in [0.1, 0.15) is 12.6 Å². The van der Waals surface area contributed by atoms with Crippen LogP contribution >= 0.6 is 15.9 Å². The largest absolute Gasteiger partial charge is 0.387 e. The van der Waals surface area contributed by atoms with Crippen molar-refractivity contribution in [3.63, 3.8) is 0 Å². The maximum Gasteiger partial charge on any atom is 0.0907 e. The molecule has 0 bridgehead atoms. The van der Waals surface area contributed by atoms with Gasteiger partial charge in [-0.2, -0.15) is 0 Å². The molecular formula is C10H14BrNO2. The Kier molecular flexibility index (Phi) is 4.04. The molecule has 0 saturated heterocycles. The predicted molar refractivity (Wildman–Crippen MR) is 58.1 cm³/mol. The van der Waals surface area contributed by atoms with Gasteiger partial charge in [-0.1, -0.05) is 15.9 Å². The average Bonchev–Trinajstić information content (AvgIpc) is 2.02. The van der Waals surface area contributed by atoms with E-state index < -0.39 is 5.60 Å². The molecule has 0 spiro atoms. The van der Waals surface area contributed by atoms with Crippen LogP contribution in [0.25, 0.3) is 0 Å². The summed E-state index contributed by atoms with van der Waals surface area (Å²) in [7, 11) is 1.57. The van der Waals surface area contributed by atoms with Gasteiger partial charge in [0.15, 0.2) is 0 Å². The summed E-state index contributed by atoms with van der Waals surface area (Å²) >= 11 is 3.36. The van der Waals surface area contributed by atoms with Crippen LogP contribution in [0.15, 0.2) is 22.8 Å². The molecule has 1 aromatic rings. The molecule has 1 aromatic heterocycles. The van der Waals surface area contributed by atoms with E-state index in [2.05, 4.69) is 20.9 Å². The Bertz CT molecular complexity index is 302. The summed E-state index contributed by atoms with van der Waals surface area (Å²) in [6.07, 6.45) is 2.20. The van der Waals surface area contributed by atoms with Gasteiger partial charge in [-0.3, -0.25) is 4.98 Å². The first kappa shape index (κ1) is 11.6. The maximum atomic E-state index is 9.88. The summed E-state index contributed by atoms with van der Waals surface area (Å²) in [5.74, 6) is 0. The molecule has 0 amide bonds. The molecule has 3 nitrogen and oxygen atoms in total. The molecule has 0 aliphatic heterocycles. The third-order valence-corrected chi connectivity index (χ3v) is 2.29. The van der Waals surface area contributed by atoms with E-state index in [4.69, 9.17) is 4.74 Å². The van der Waals surface area contributed by atoms with E-state index >= 15 is 0 Å². The van der Waals surface area contributed by atoms with Gasteiger partial charge in [0.2, 0.25) is 0 Å². The molecule has 4 heteroatoms. The van der Waals surface area contributed by atoms with Crippen LogP contribution in [0.2, 0.25) is 0 Å². The number of hydrogen-bond donors (Lipinski definition) is 1. The SMILES string of the molecule is COCC(C)(O)Cc1cc(Br)ccn1. The first-order valence-electron chi connectivity index (χ1n) is 4.35. The van der Waals surface area contributed by atoms with Gasteiger partial charge in [0, 0.05) is 29.9 Å². The van der Waals surface area contributed by atoms with Crippen LogP contribution in [-0.4, -0.2) is 29.4 Å². The highest BCUT2D eigenvalue weighted by atomic mass is 79.9. The fourth-order valence-electron chi connectivity index (χ4n) is 1.30. The van der Waals surface area contributed by atoms with E-state index in [1.54, 1.807) is 20.2 Å². The molecule has 14 heavy (non-hydrogen) atoms. The molecule has 78 valence electrons. The number of nitrogens with zero attached hydrogens (tertiary/aromatic N) is 1. The first-order chi connectivity index (χ1) is 6.53. The van der Waals surface area contributed by atoms with E-state index in [1.165, 1.54) is 0 Å². The van der Waals surface area contributed by atoms with Crippen LogP contribution in [-0.2, 0) is 11.2 Å². The summed E-state index contributed by atoms with van der Waals surface area (Å²) in [5, 5.41) is 9.88. The smallest absolute Gasteiger partial charge is 0.0907 e. The number of hydrogen-bond acceptors (Lipinski definition) is 3. The highest BCUT2D eigenvalue weighted by Crippen LogP contribution is 2.15. The summed E-state index contributed by atoms with van der Waals surface area (Å²) in [6.45, 7) is 2.04. The van der Waals surface area contributed by atoms with Crippen LogP contribution in [0, 0.1) is 0 Å². The molecule has 0 fully saturated rings. The minimum atomic E-state index is -0.859. The molecule has 1 N–H and O–H groups in total. The molecule has 1 unspecified atom stereocenters. The predicted octanol–water partition coefficient (Wildman–Crippen LogP) is 1.78. The molecule has 0 saturated carbocycles. The molecule has 0 aromatic carbocycles. The number of aromatic nitrogens is 1. The molecule has 1 heterocycles. The lowest BCUT2D eigenvalue weighted by Gasteiger charge is -2.21. The van der Waals surface area contributed by atoms with E-state index in [9.17, 15) is 5.11 Å². The monoisotopic (exact) mass is 259 g/mol. The number of ether oxygens (including phenoxy) is 1. The maximum absolute atomic E-state index is 9.88. The third-order valence-electron chi connectivity index (χ3n) is 1.80. The van der Waals surface area contributed by atoms with Crippen molar-refractivity contribution in [2.75, 3.05) is 13.7 Å². The zero-order valence-electron chi connectivity index (χ0n) is 8.33. The minimum absolute atomic E-state index is 0.307. The van der Waals surface area contributed by atoms with Crippen molar-refractivity contribution in [3.05, 3.63) is 28.5 Å². The van der Waals surface area contributed by atoms with E-state index in [0.29, 0.717) is 13.0 Å². The van der Waals surface area contributed by atoms with E-state index in [0.717, 1.165) is 10.2 Å². The van der Waals surface area contributed by atoms with Crippen molar-refractivity contribution in [1.82, 2.24) is 4.98 Å². The fourth-order valence-corrected chi connectivity index (χ4v) is 1.68. The second-order valence-corrected chi connectivity index (χ2v) is 4.49. The number of rotatable bonds is 4. The Morgan fingerprint density at radius 3 is 2.93 bits per heavy atom. The Balaban J connectivity index is 2.68. The zero-order chi connectivity index (χ0) is 10.6. The van der Waals surface area contributed by atoms with E-state index in [-0.39, 0.29) is 0 Å². The zero-order valence-corrected chi connectivity index (χ0v) is 9.91. The molecular weight excluding hydrogens is 246 g/mol. The number of halogens is 1. The van der Waals surface area contributed by atoms with Crippen LogP contribution in [0.4, 0.5) is 0 Å². The molecule has 1 rings (SSSR count). The lowest BCUT2D eigenvalue weighted by atomic mass is 10.0. The fraction of sp³-hybridized carbons (Fsp3) is 0.500. The van der Waals surface area contributed by atoms with Crippen molar-refractivity contribution in [2.24, 2.45) is 0 Å². The second-order valence-electron chi connectivity index (χ2n) is 3.57. The topological polar surface area (TPSA) is 42.4 Å². The van der Waals surface area contributed by atoms with Gasteiger partial charge in [0.05, 0.1) is 12.2 Å². The number of aliphatic hydroxyl groups is 1. The van der Waals surface area contributed by atoms with Crippen molar-refractivity contribution in [2.45, 2.75) is 18.9 Å². The Labute approximate surface area is 92.3 Å². The van der Waals surface area contributed by atoms with Crippen LogP contribution in [0.5, 0.6) is 0 Å². The van der Waals surface area contributed by atoms with Crippen molar-refractivity contribution >= 4 is 15.9 Å². The van der Waals surface area contributed by atoms with Gasteiger partial charge >= 0.3 is 0 Å². The summed E-state index contributed by atoms with van der Waals surface area (Å²) in [5.41, 5.74) is -0.0100. The quantitative estimate of drug-likeness (QED) is 0.897. The average molecular weight is 260 g/mol. The van der Waals surface area contributed by atoms with Gasteiger partial charge in [-0.05, 0) is 19.1 Å². The minimum Gasteiger partial charge on any atom is -0.387 e. The normalized spacial score (nSPS) is 15.1. The highest BCUT2D eigenvalue weighted by molar-refractivity contribution is 9.10. The van der Waals surface area contributed by atoms with Crippen LogP contribution in [0.3, 0.4) is 0 Å². The van der Waals surface area contributed by atoms with Crippen LogP contribution < -0.4 is 0 Å². The second kappa shape index (κ2) is 4.87. The summed E-state index contributed by atoms with van der Waals surface area (Å²) in [4.78, 5) is 4.16. The molecule has 0 aliphatic carbocycles. The van der Waals surface area contributed by atoms with Crippen molar-refractivity contribution < 1.29 is 9.84 Å². The number of pyridine rings is 1. The standard InChI is InChI=1S/C10H14BrNO2/c1-10(13,7-14-2)6-9-5-8(11)3-4-12-9/h3-5,13H,6-7H2,1-2H3. The Morgan fingerprint density at radius 1 is 1.64 bits per heavy atom. The Hall–Kier alpha value is -0.450. The summed E-state index contributed by atoms with van der Waals surface area (Å²) in [6, 6.07) is 3.75. The van der Waals surface area contributed by atoms with Crippen molar-refractivity contribution in [3.8, 4) is 0 Å². The molecule has 0 radical (unpaired) electrons. The highest BCUT2D eigenvalue weighted by Gasteiger charge is 2.21. The van der Waals surface area contributed by atoms with E-state index in [1.807, 2.05) is 12.1 Å². The first-order valence-corrected chi connectivity index (χ1v) is 5.14. The third kappa shape index (κ3) is 3.74. The van der Waals surface area contributed by atoms with Crippen molar-refractivity contribution in [1.29, 1.82) is 0 Å². The molecule has 1 atom stereocenters. The molecule has 0 aliphatic rings. The summed E-state index contributed by atoms with van der Waals surface area (Å²) < 4.78 is 5.89. The van der Waals surface area contributed by atoms with Gasteiger partial charge in [-0.25, -0.2) is 0 Å². The van der Waals surface area contributed by atoms with Gasteiger partial charge in [0.25, 0.3) is 0 Å². The number of methoxy groups -OCH3 is 1. The Morgan fingerprint density at radius 2 is 2.36 bits per heavy atom. The lowest BCUT2D eigenvalue weighted by Crippen LogP contribution is -2.33. The van der Waals surface area contributed by atoms with Gasteiger partial charge < -0.3 is 9.84 Å².